The average Bonchev–Trinajstić information content (AvgIpc) is 3.07. The number of alkyl halides is 3. The monoisotopic (exact) mass is 435 g/mol. The van der Waals surface area contributed by atoms with Crippen LogP contribution in [0.3, 0.4) is 0 Å². The van der Waals surface area contributed by atoms with Crippen LogP contribution in [-0.4, -0.2) is 35.6 Å². The number of fused-ring (bicyclic) bond motifs is 1. The summed E-state index contributed by atoms with van der Waals surface area (Å²) < 4.78 is 44.8. The molecular formula is C20H20F3N5O3. The van der Waals surface area contributed by atoms with Gasteiger partial charge in [0, 0.05) is 13.5 Å². The fraction of sp³-hybridized carbons (Fsp3) is 0.250. The van der Waals surface area contributed by atoms with Gasteiger partial charge >= 0.3 is 12.2 Å². The Hall–Kier alpha value is -3.76. The van der Waals surface area contributed by atoms with Gasteiger partial charge in [0.1, 0.15) is 11.3 Å². The number of aromatic amines is 1. The molecule has 2 aromatic carbocycles. The van der Waals surface area contributed by atoms with E-state index >= 15 is 0 Å². The molecule has 0 bridgehead atoms. The minimum Gasteiger partial charge on any atom is -0.496 e. The number of carbonyl (C=O) groups excluding carboxylic acids is 2. The molecule has 0 spiro atoms. The first-order valence-electron chi connectivity index (χ1n) is 9.22. The van der Waals surface area contributed by atoms with Gasteiger partial charge in [-0.2, -0.15) is 13.2 Å². The standard InChI is InChI=1S/C20H20F3N5O3/c1-11(29)25-18-26-13-7-6-12(10-15(13)27-18)8-9-24-19(30)28-14-4-3-5-16(31-2)17(14)20(21,22)23/h3-7,10H,8-9H2,1-2H3,(H2,24,28,30)(H2,25,26,27,29). The lowest BCUT2D eigenvalue weighted by molar-refractivity contribution is -0.138. The minimum atomic E-state index is -4.69. The molecule has 0 aliphatic carbocycles. The summed E-state index contributed by atoms with van der Waals surface area (Å²) in [7, 11) is 1.13. The molecule has 4 N–H and O–H groups in total. The lowest BCUT2D eigenvalue weighted by Crippen LogP contribution is -2.31. The van der Waals surface area contributed by atoms with E-state index in [9.17, 15) is 22.8 Å². The average molecular weight is 435 g/mol. The van der Waals surface area contributed by atoms with Crippen LogP contribution in [0.2, 0.25) is 0 Å². The molecule has 3 aromatic rings. The normalized spacial score (nSPS) is 11.3. The zero-order valence-corrected chi connectivity index (χ0v) is 16.7. The number of imidazole rings is 1. The highest BCUT2D eigenvalue weighted by Gasteiger charge is 2.37. The number of carbonyl (C=O) groups is 2. The Morgan fingerprint density at radius 3 is 2.61 bits per heavy atom. The Kier molecular flexibility index (Phi) is 6.33. The number of anilines is 2. The van der Waals surface area contributed by atoms with E-state index in [1.165, 1.54) is 19.1 Å². The number of aromatic nitrogens is 2. The van der Waals surface area contributed by atoms with E-state index in [1.807, 2.05) is 6.07 Å². The van der Waals surface area contributed by atoms with Gasteiger partial charge in [-0.25, -0.2) is 9.78 Å². The van der Waals surface area contributed by atoms with Crippen molar-refractivity contribution < 1.29 is 27.5 Å². The maximum absolute atomic E-state index is 13.3. The van der Waals surface area contributed by atoms with Gasteiger partial charge in [0.2, 0.25) is 11.9 Å². The molecule has 1 heterocycles. The summed E-state index contributed by atoms with van der Waals surface area (Å²) in [6.07, 6.45) is -4.26. The van der Waals surface area contributed by atoms with Crippen LogP contribution in [-0.2, 0) is 17.4 Å². The summed E-state index contributed by atoms with van der Waals surface area (Å²) in [6.45, 7) is 1.56. The van der Waals surface area contributed by atoms with E-state index in [1.54, 1.807) is 12.1 Å². The molecule has 11 heteroatoms. The Bertz CT molecular complexity index is 1110. The zero-order chi connectivity index (χ0) is 22.6. The topological polar surface area (TPSA) is 108 Å². The molecule has 0 atom stereocenters. The third kappa shape index (κ3) is 5.44. The van der Waals surface area contributed by atoms with Crippen LogP contribution in [0.5, 0.6) is 5.75 Å². The number of hydrogen-bond donors (Lipinski definition) is 4. The van der Waals surface area contributed by atoms with Crippen LogP contribution in [0, 0.1) is 0 Å². The number of hydrogen-bond acceptors (Lipinski definition) is 4. The van der Waals surface area contributed by atoms with E-state index in [4.69, 9.17) is 4.74 Å². The van der Waals surface area contributed by atoms with Gasteiger partial charge in [-0.1, -0.05) is 12.1 Å². The van der Waals surface area contributed by atoms with Crippen molar-refractivity contribution in [3.63, 3.8) is 0 Å². The third-order valence-corrected chi connectivity index (χ3v) is 4.32. The number of nitrogens with zero attached hydrogens (tertiary/aromatic N) is 1. The number of benzene rings is 2. The molecule has 8 nitrogen and oxygen atoms in total. The minimum absolute atomic E-state index is 0.186. The van der Waals surface area contributed by atoms with Crippen LogP contribution in [0.25, 0.3) is 11.0 Å². The predicted molar refractivity (Wildman–Crippen MR) is 109 cm³/mol. The Morgan fingerprint density at radius 1 is 1.16 bits per heavy atom. The number of ether oxygens (including phenoxy) is 1. The number of urea groups is 1. The van der Waals surface area contributed by atoms with Crippen molar-refractivity contribution in [2.75, 3.05) is 24.3 Å². The molecule has 0 fully saturated rings. The van der Waals surface area contributed by atoms with Gasteiger partial charge in [0.05, 0.1) is 23.8 Å². The fourth-order valence-electron chi connectivity index (χ4n) is 3.02. The van der Waals surface area contributed by atoms with E-state index in [0.717, 1.165) is 24.3 Å². The van der Waals surface area contributed by atoms with Gasteiger partial charge in [0.15, 0.2) is 0 Å². The predicted octanol–water partition coefficient (Wildman–Crippen LogP) is 3.91. The number of H-pyrrole nitrogens is 1. The van der Waals surface area contributed by atoms with Crippen molar-refractivity contribution in [3.8, 4) is 5.75 Å². The SMILES string of the molecule is COc1cccc(NC(=O)NCCc2ccc3[nH]c(NC(C)=O)nc3c2)c1C(F)(F)F. The maximum Gasteiger partial charge on any atom is 0.421 e. The Balaban J connectivity index is 1.61. The van der Waals surface area contributed by atoms with E-state index in [2.05, 4.69) is 25.9 Å². The summed E-state index contributed by atoms with van der Waals surface area (Å²) >= 11 is 0. The summed E-state index contributed by atoms with van der Waals surface area (Å²) in [5.41, 5.74) is 0.776. The lowest BCUT2D eigenvalue weighted by Gasteiger charge is -2.17. The van der Waals surface area contributed by atoms with Gasteiger partial charge in [-0.15, -0.1) is 0 Å². The summed E-state index contributed by atoms with van der Waals surface area (Å²) in [5.74, 6) is -0.300. The first kappa shape index (κ1) is 21.9. The highest BCUT2D eigenvalue weighted by Crippen LogP contribution is 2.41. The first-order valence-corrected chi connectivity index (χ1v) is 9.22. The first-order chi connectivity index (χ1) is 14.7. The van der Waals surface area contributed by atoms with Crippen molar-refractivity contribution in [2.24, 2.45) is 0 Å². The molecular weight excluding hydrogens is 415 g/mol. The van der Waals surface area contributed by atoms with Crippen LogP contribution in [0.15, 0.2) is 36.4 Å². The molecule has 0 saturated heterocycles. The largest absolute Gasteiger partial charge is 0.496 e. The highest BCUT2D eigenvalue weighted by molar-refractivity contribution is 5.91. The number of nitrogens with one attached hydrogen (secondary N) is 4. The molecule has 0 radical (unpaired) electrons. The zero-order valence-electron chi connectivity index (χ0n) is 16.7. The molecule has 31 heavy (non-hydrogen) atoms. The molecule has 3 rings (SSSR count). The second kappa shape index (κ2) is 8.94. The van der Waals surface area contributed by atoms with E-state index in [-0.39, 0.29) is 18.2 Å². The van der Waals surface area contributed by atoms with Gasteiger partial charge in [-0.3, -0.25) is 10.1 Å². The summed E-state index contributed by atoms with van der Waals surface area (Å²) in [6, 6.07) is 8.32. The molecule has 0 unspecified atom stereocenters. The number of rotatable bonds is 6. The number of methoxy groups -OCH3 is 1. The number of halogens is 3. The molecule has 3 amide bonds. The van der Waals surface area contributed by atoms with Gasteiger partial charge < -0.3 is 20.4 Å². The summed E-state index contributed by atoms with van der Waals surface area (Å²) in [4.78, 5) is 30.4. The Labute approximate surface area is 175 Å². The van der Waals surface area contributed by atoms with Crippen LogP contribution in [0.4, 0.5) is 29.6 Å². The third-order valence-electron chi connectivity index (χ3n) is 4.32. The Morgan fingerprint density at radius 2 is 1.94 bits per heavy atom. The van der Waals surface area contributed by atoms with Crippen molar-refractivity contribution >= 4 is 34.6 Å². The van der Waals surface area contributed by atoms with Crippen LogP contribution >= 0.6 is 0 Å². The van der Waals surface area contributed by atoms with E-state index in [0.29, 0.717) is 17.9 Å². The number of amides is 3. The van der Waals surface area contributed by atoms with Crippen LogP contribution < -0.4 is 20.7 Å². The quantitative estimate of drug-likeness (QED) is 0.471. The van der Waals surface area contributed by atoms with E-state index < -0.39 is 23.5 Å². The van der Waals surface area contributed by atoms with Gasteiger partial charge in [-0.05, 0) is 36.2 Å². The molecule has 0 saturated carbocycles. The second-order valence-electron chi connectivity index (χ2n) is 6.63. The van der Waals surface area contributed by atoms with Crippen molar-refractivity contribution in [1.82, 2.24) is 15.3 Å². The molecule has 0 aliphatic rings. The smallest absolute Gasteiger partial charge is 0.421 e. The highest BCUT2D eigenvalue weighted by atomic mass is 19.4. The lowest BCUT2D eigenvalue weighted by atomic mass is 10.1. The van der Waals surface area contributed by atoms with Crippen LogP contribution in [0.1, 0.15) is 18.1 Å². The maximum atomic E-state index is 13.3. The molecule has 0 aliphatic heterocycles. The summed E-state index contributed by atoms with van der Waals surface area (Å²) in [5, 5.41) is 7.31. The van der Waals surface area contributed by atoms with Crippen molar-refractivity contribution in [2.45, 2.75) is 19.5 Å². The molecule has 1 aromatic heterocycles. The second-order valence-corrected chi connectivity index (χ2v) is 6.63. The van der Waals surface area contributed by atoms with Gasteiger partial charge in [0.25, 0.3) is 0 Å². The van der Waals surface area contributed by atoms with Crippen molar-refractivity contribution in [1.29, 1.82) is 0 Å². The molecule has 164 valence electrons. The fourth-order valence-corrected chi connectivity index (χ4v) is 3.02. The van der Waals surface area contributed by atoms with Crippen molar-refractivity contribution in [3.05, 3.63) is 47.5 Å².